The van der Waals surface area contributed by atoms with E-state index in [4.69, 9.17) is 9.47 Å². The molecule has 0 aromatic heterocycles. The summed E-state index contributed by atoms with van der Waals surface area (Å²) in [5, 5.41) is 3.02. The van der Waals surface area contributed by atoms with Crippen LogP contribution in [0, 0.1) is 0 Å². The Morgan fingerprint density at radius 2 is 2.15 bits per heavy atom. The Kier molecular flexibility index (Phi) is 6.38. The normalized spacial score (nSPS) is 26.7. The predicted molar refractivity (Wildman–Crippen MR) is 103 cm³/mol. The molecule has 1 aromatic carbocycles. The number of ether oxygens (including phenoxy) is 2. The molecule has 3 atom stereocenters. The number of hydrogen-bond acceptors (Lipinski definition) is 4. The lowest BCUT2D eigenvalue weighted by Crippen LogP contribution is -2.58. The number of anilines is 1. The van der Waals surface area contributed by atoms with E-state index in [2.05, 4.69) is 31.0 Å². The second kappa shape index (κ2) is 8.73. The van der Waals surface area contributed by atoms with Crippen molar-refractivity contribution in [3.63, 3.8) is 0 Å². The third kappa shape index (κ3) is 4.68. The number of urea groups is 1. The van der Waals surface area contributed by atoms with Gasteiger partial charge >= 0.3 is 6.03 Å². The van der Waals surface area contributed by atoms with Gasteiger partial charge in [-0.3, -0.25) is 4.90 Å². The minimum atomic E-state index is -0.0450. The van der Waals surface area contributed by atoms with E-state index in [1.54, 1.807) is 0 Å². The van der Waals surface area contributed by atoms with Gasteiger partial charge in [0.1, 0.15) is 12.4 Å². The lowest BCUT2D eigenvalue weighted by Gasteiger charge is -2.43. The van der Waals surface area contributed by atoms with Crippen molar-refractivity contribution < 1.29 is 14.3 Å². The third-order valence-corrected chi connectivity index (χ3v) is 5.33. The summed E-state index contributed by atoms with van der Waals surface area (Å²) in [6.45, 7) is 10.5. The van der Waals surface area contributed by atoms with Gasteiger partial charge < -0.3 is 19.7 Å². The van der Waals surface area contributed by atoms with Gasteiger partial charge in [0.2, 0.25) is 0 Å². The number of hydrogen-bond donors (Lipinski definition) is 1. The molecule has 0 aliphatic carbocycles. The van der Waals surface area contributed by atoms with Gasteiger partial charge in [-0.25, -0.2) is 4.79 Å². The van der Waals surface area contributed by atoms with Crippen LogP contribution in [0.3, 0.4) is 0 Å². The van der Waals surface area contributed by atoms with Crippen LogP contribution in [0.25, 0.3) is 0 Å². The van der Waals surface area contributed by atoms with Crippen molar-refractivity contribution >= 4 is 11.7 Å². The highest BCUT2D eigenvalue weighted by Gasteiger charge is 2.31. The van der Waals surface area contributed by atoms with Gasteiger partial charge in [-0.1, -0.05) is 13.0 Å². The number of nitrogens with zero attached hydrogens (tertiary/aromatic N) is 2. The molecule has 2 heterocycles. The highest BCUT2D eigenvalue weighted by atomic mass is 16.5. The first-order valence-corrected chi connectivity index (χ1v) is 9.73. The van der Waals surface area contributed by atoms with E-state index < -0.39 is 0 Å². The second-order valence-electron chi connectivity index (χ2n) is 7.34. The fourth-order valence-corrected chi connectivity index (χ4v) is 3.75. The summed E-state index contributed by atoms with van der Waals surface area (Å²) in [6.07, 6.45) is 2.34. The molecule has 26 heavy (non-hydrogen) atoms. The number of carbonyl (C=O) groups is 1. The van der Waals surface area contributed by atoms with Crippen LogP contribution in [0.1, 0.15) is 33.6 Å². The Balaban J connectivity index is 1.56. The highest BCUT2D eigenvalue weighted by Crippen LogP contribution is 2.21. The van der Waals surface area contributed by atoms with Crippen molar-refractivity contribution in [2.24, 2.45) is 0 Å². The first kappa shape index (κ1) is 19.0. The van der Waals surface area contributed by atoms with E-state index in [9.17, 15) is 4.79 Å². The number of benzene rings is 1. The zero-order chi connectivity index (χ0) is 18.5. The smallest absolute Gasteiger partial charge is 0.322 e. The van der Waals surface area contributed by atoms with Gasteiger partial charge in [0.15, 0.2) is 0 Å². The van der Waals surface area contributed by atoms with Crippen LogP contribution in [0.5, 0.6) is 5.75 Å². The van der Waals surface area contributed by atoms with Crippen LogP contribution in [-0.4, -0.2) is 66.9 Å². The molecule has 144 valence electrons. The first-order valence-electron chi connectivity index (χ1n) is 9.73. The fourth-order valence-electron chi connectivity index (χ4n) is 3.75. The van der Waals surface area contributed by atoms with Crippen molar-refractivity contribution in [3.8, 4) is 5.75 Å². The van der Waals surface area contributed by atoms with E-state index in [1.165, 1.54) is 0 Å². The van der Waals surface area contributed by atoms with Gasteiger partial charge in [0.05, 0.1) is 6.10 Å². The van der Waals surface area contributed by atoms with Gasteiger partial charge in [0.25, 0.3) is 0 Å². The number of amides is 2. The lowest BCUT2D eigenvalue weighted by molar-refractivity contribution is 0.0679. The van der Waals surface area contributed by atoms with Crippen LogP contribution in [0.4, 0.5) is 10.5 Å². The summed E-state index contributed by atoms with van der Waals surface area (Å²) >= 11 is 0. The number of rotatable bonds is 5. The minimum Gasteiger partial charge on any atom is -0.491 e. The zero-order valence-electron chi connectivity index (χ0n) is 16.1. The maximum Gasteiger partial charge on any atom is 0.322 e. The van der Waals surface area contributed by atoms with E-state index in [-0.39, 0.29) is 18.2 Å². The molecule has 2 saturated heterocycles. The van der Waals surface area contributed by atoms with Gasteiger partial charge in [-0.2, -0.15) is 0 Å². The van der Waals surface area contributed by atoms with Crippen molar-refractivity contribution in [1.82, 2.24) is 9.80 Å². The van der Waals surface area contributed by atoms with Crippen LogP contribution < -0.4 is 10.1 Å². The largest absolute Gasteiger partial charge is 0.491 e. The second-order valence-corrected chi connectivity index (χ2v) is 7.34. The Bertz CT molecular complexity index is 604. The Morgan fingerprint density at radius 3 is 2.88 bits per heavy atom. The van der Waals surface area contributed by atoms with E-state index >= 15 is 0 Å². The molecular weight excluding hydrogens is 330 g/mol. The number of piperazine rings is 1. The summed E-state index contributed by atoms with van der Waals surface area (Å²) in [5.41, 5.74) is 0.762. The molecule has 0 bridgehead atoms. The molecule has 6 heteroatoms. The predicted octanol–water partition coefficient (Wildman–Crippen LogP) is 3.19. The van der Waals surface area contributed by atoms with E-state index in [0.29, 0.717) is 12.6 Å². The maximum absolute atomic E-state index is 12.7. The zero-order valence-corrected chi connectivity index (χ0v) is 16.1. The highest BCUT2D eigenvalue weighted by molar-refractivity contribution is 5.89. The number of likely N-dealkylation sites (N-methyl/N-ethyl adjacent to an activating group) is 1. The maximum atomic E-state index is 12.7. The minimum absolute atomic E-state index is 0.0450. The Hall–Kier alpha value is -1.79. The molecule has 2 aliphatic rings. The molecule has 0 unspecified atom stereocenters. The number of nitrogens with one attached hydrogen (secondary N) is 1. The van der Waals surface area contributed by atoms with Crippen molar-refractivity contribution in [2.75, 3.05) is 38.2 Å². The van der Waals surface area contributed by atoms with Gasteiger partial charge in [-0.05, 0) is 45.4 Å². The van der Waals surface area contributed by atoms with Crippen molar-refractivity contribution in [1.29, 1.82) is 0 Å². The van der Waals surface area contributed by atoms with Crippen molar-refractivity contribution in [3.05, 3.63) is 24.3 Å². The fraction of sp³-hybridized carbons (Fsp3) is 0.650. The van der Waals surface area contributed by atoms with Crippen molar-refractivity contribution in [2.45, 2.75) is 51.8 Å². The summed E-state index contributed by atoms with van der Waals surface area (Å²) in [7, 11) is 0. The van der Waals surface area contributed by atoms with E-state index in [0.717, 1.165) is 50.5 Å². The van der Waals surface area contributed by atoms with Crippen LogP contribution >= 0.6 is 0 Å². The summed E-state index contributed by atoms with van der Waals surface area (Å²) in [6, 6.07) is 8.12. The van der Waals surface area contributed by atoms with Crippen LogP contribution in [0.2, 0.25) is 0 Å². The molecule has 1 aromatic rings. The molecule has 6 nitrogen and oxygen atoms in total. The molecule has 0 radical (unpaired) electrons. The molecule has 0 saturated carbocycles. The van der Waals surface area contributed by atoms with Crippen LogP contribution in [-0.2, 0) is 4.74 Å². The third-order valence-electron chi connectivity index (χ3n) is 5.33. The quantitative estimate of drug-likeness (QED) is 0.875. The topological polar surface area (TPSA) is 54.0 Å². The average Bonchev–Trinajstić information content (AvgIpc) is 3.15. The van der Waals surface area contributed by atoms with E-state index in [1.807, 2.05) is 29.2 Å². The summed E-state index contributed by atoms with van der Waals surface area (Å²) in [5.74, 6) is 0.760. The Labute approximate surface area is 156 Å². The SMILES string of the molecule is CCN1C[C@H](C)N(C(=O)Nc2cccc(OC[C@H]3CCCO3)c2)C[C@H]1C. The molecule has 2 amide bonds. The Morgan fingerprint density at radius 1 is 1.31 bits per heavy atom. The lowest BCUT2D eigenvalue weighted by atomic mass is 10.1. The first-order chi connectivity index (χ1) is 12.6. The molecule has 2 aliphatic heterocycles. The molecule has 3 rings (SSSR count). The molecule has 2 fully saturated rings. The molecule has 1 N–H and O–H groups in total. The molecular formula is C20H31N3O3. The monoisotopic (exact) mass is 361 g/mol. The van der Waals surface area contributed by atoms with Gasteiger partial charge in [-0.15, -0.1) is 0 Å². The number of carbonyl (C=O) groups excluding carboxylic acids is 1. The summed E-state index contributed by atoms with van der Waals surface area (Å²) in [4.78, 5) is 17.1. The standard InChI is InChI=1S/C20H31N3O3/c1-4-22-12-16(3)23(13-15(22)2)20(24)21-17-7-5-8-18(11-17)26-14-19-9-6-10-25-19/h5,7-8,11,15-16,19H,4,6,9-10,12-14H2,1-3H3,(H,21,24)/t15-,16+,19-/m1/s1. The summed E-state index contributed by atoms with van der Waals surface area (Å²) < 4.78 is 11.4. The van der Waals surface area contributed by atoms with Crippen LogP contribution in [0.15, 0.2) is 24.3 Å². The average molecular weight is 361 g/mol. The van der Waals surface area contributed by atoms with Gasteiger partial charge in [0, 0.05) is 43.5 Å². The molecule has 0 spiro atoms.